The maximum Gasteiger partial charge on any atom is 0.267 e. The van der Waals surface area contributed by atoms with Gasteiger partial charge in [-0.1, -0.05) is 30.3 Å². The van der Waals surface area contributed by atoms with Gasteiger partial charge in [0, 0.05) is 18.2 Å². The Balaban J connectivity index is 2.48. The van der Waals surface area contributed by atoms with Gasteiger partial charge in [0.05, 0.1) is 11.7 Å². The van der Waals surface area contributed by atoms with Gasteiger partial charge in [-0.15, -0.1) is 0 Å². The average molecular weight is 229 g/mol. The van der Waals surface area contributed by atoms with Crippen LogP contribution in [0.4, 0.5) is 0 Å². The lowest BCUT2D eigenvalue weighted by atomic mass is 10.1. The van der Waals surface area contributed by atoms with Gasteiger partial charge in [-0.2, -0.15) is 5.10 Å². The van der Waals surface area contributed by atoms with Gasteiger partial charge >= 0.3 is 0 Å². The molecule has 2 aromatic rings. The highest BCUT2D eigenvalue weighted by molar-refractivity contribution is 5.57. The standard InChI is InChI=1S/C13H15N3O/c1-10(9-14)16-13(17)8-7-12(15-16)11-5-3-2-4-6-11/h2-8,10H,9,14H2,1H3. The van der Waals surface area contributed by atoms with Crippen LogP contribution in [0.2, 0.25) is 0 Å². The number of rotatable bonds is 3. The van der Waals surface area contributed by atoms with Crippen molar-refractivity contribution in [2.24, 2.45) is 5.73 Å². The molecule has 0 fully saturated rings. The summed E-state index contributed by atoms with van der Waals surface area (Å²) in [6.07, 6.45) is 0. The first kappa shape index (κ1) is 11.5. The first-order chi connectivity index (χ1) is 8.22. The molecule has 17 heavy (non-hydrogen) atoms. The van der Waals surface area contributed by atoms with Crippen molar-refractivity contribution in [2.75, 3.05) is 6.54 Å². The van der Waals surface area contributed by atoms with Gasteiger partial charge < -0.3 is 5.73 Å². The van der Waals surface area contributed by atoms with Crippen LogP contribution in [0.1, 0.15) is 13.0 Å². The molecule has 0 amide bonds. The maximum absolute atomic E-state index is 11.6. The van der Waals surface area contributed by atoms with Crippen LogP contribution in [-0.4, -0.2) is 16.3 Å². The molecule has 1 aromatic heterocycles. The highest BCUT2D eigenvalue weighted by Crippen LogP contribution is 2.14. The summed E-state index contributed by atoms with van der Waals surface area (Å²) in [6, 6.07) is 12.9. The second kappa shape index (κ2) is 4.93. The molecule has 4 nitrogen and oxygen atoms in total. The van der Waals surface area contributed by atoms with Crippen molar-refractivity contribution in [1.82, 2.24) is 9.78 Å². The molecular formula is C13H15N3O. The second-order valence-electron chi connectivity index (χ2n) is 3.95. The summed E-state index contributed by atoms with van der Waals surface area (Å²) in [5.41, 5.74) is 7.21. The molecule has 0 saturated heterocycles. The topological polar surface area (TPSA) is 60.9 Å². The predicted molar refractivity (Wildman–Crippen MR) is 67.7 cm³/mol. The third kappa shape index (κ3) is 2.42. The molecule has 1 heterocycles. The Morgan fingerprint density at radius 1 is 1.24 bits per heavy atom. The van der Waals surface area contributed by atoms with E-state index in [0.717, 1.165) is 11.3 Å². The lowest BCUT2D eigenvalue weighted by Gasteiger charge is -2.12. The van der Waals surface area contributed by atoms with E-state index in [-0.39, 0.29) is 11.6 Å². The summed E-state index contributed by atoms with van der Waals surface area (Å²) in [4.78, 5) is 11.6. The number of nitrogens with zero attached hydrogens (tertiary/aromatic N) is 2. The van der Waals surface area contributed by atoms with E-state index in [1.54, 1.807) is 6.07 Å². The average Bonchev–Trinajstić information content (AvgIpc) is 2.39. The monoisotopic (exact) mass is 229 g/mol. The smallest absolute Gasteiger partial charge is 0.267 e. The van der Waals surface area contributed by atoms with Crippen LogP contribution in [-0.2, 0) is 0 Å². The molecule has 1 atom stereocenters. The summed E-state index contributed by atoms with van der Waals surface area (Å²) < 4.78 is 1.43. The Labute approximate surface area is 99.7 Å². The maximum atomic E-state index is 11.6. The van der Waals surface area contributed by atoms with E-state index >= 15 is 0 Å². The molecule has 0 aliphatic carbocycles. The Hall–Kier alpha value is -1.94. The number of hydrogen-bond acceptors (Lipinski definition) is 3. The summed E-state index contributed by atoms with van der Waals surface area (Å²) in [6.45, 7) is 2.27. The molecule has 0 radical (unpaired) electrons. The molecule has 4 heteroatoms. The van der Waals surface area contributed by atoms with Crippen molar-refractivity contribution >= 4 is 0 Å². The van der Waals surface area contributed by atoms with Crippen LogP contribution in [0, 0.1) is 0 Å². The molecule has 88 valence electrons. The van der Waals surface area contributed by atoms with E-state index in [2.05, 4.69) is 5.10 Å². The Bertz CT molecular complexity index is 548. The van der Waals surface area contributed by atoms with Crippen molar-refractivity contribution in [1.29, 1.82) is 0 Å². The normalized spacial score (nSPS) is 12.4. The zero-order valence-electron chi connectivity index (χ0n) is 9.71. The zero-order valence-corrected chi connectivity index (χ0v) is 9.71. The largest absolute Gasteiger partial charge is 0.328 e. The van der Waals surface area contributed by atoms with Crippen molar-refractivity contribution in [3.8, 4) is 11.3 Å². The van der Waals surface area contributed by atoms with E-state index in [1.807, 2.05) is 37.3 Å². The summed E-state index contributed by atoms with van der Waals surface area (Å²) in [5.74, 6) is 0. The van der Waals surface area contributed by atoms with Crippen LogP contribution >= 0.6 is 0 Å². The van der Waals surface area contributed by atoms with Crippen LogP contribution in [0.3, 0.4) is 0 Å². The minimum Gasteiger partial charge on any atom is -0.328 e. The Kier molecular flexibility index (Phi) is 3.35. The van der Waals surface area contributed by atoms with E-state index in [0.29, 0.717) is 6.54 Å². The van der Waals surface area contributed by atoms with Crippen LogP contribution in [0.5, 0.6) is 0 Å². The van der Waals surface area contributed by atoms with Gasteiger partial charge in [0.25, 0.3) is 5.56 Å². The lowest BCUT2D eigenvalue weighted by Crippen LogP contribution is -2.29. The van der Waals surface area contributed by atoms with Crippen LogP contribution < -0.4 is 11.3 Å². The molecule has 0 bridgehead atoms. The van der Waals surface area contributed by atoms with Gasteiger partial charge in [-0.05, 0) is 13.0 Å². The van der Waals surface area contributed by atoms with Gasteiger partial charge in [-0.3, -0.25) is 4.79 Å². The highest BCUT2D eigenvalue weighted by atomic mass is 16.1. The number of aromatic nitrogens is 2. The van der Waals surface area contributed by atoms with Gasteiger partial charge in [0.15, 0.2) is 0 Å². The fourth-order valence-corrected chi connectivity index (χ4v) is 1.60. The third-order valence-corrected chi connectivity index (χ3v) is 2.65. The van der Waals surface area contributed by atoms with E-state index in [1.165, 1.54) is 10.7 Å². The first-order valence-electron chi connectivity index (χ1n) is 5.57. The fraction of sp³-hybridized carbons (Fsp3) is 0.231. The van der Waals surface area contributed by atoms with E-state index in [4.69, 9.17) is 5.73 Å². The van der Waals surface area contributed by atoms with Crippen LogP contribution in [0.25, 0.3) is 11.3 Å². The van der Waals surface area contributed by atoms with Crippen molar-refractivity contribution in [3.05, 3.63) is 52.8 Å². The van der Waals surface area contributed by atoms with Gasteiger partial charge in [0.1, 0.15) is 0 Å². The molecule has 0 spiro atoms. The molecule has 1 unspecified atom stereocenters. The summed E-state index contributed by atoms with van der Waals surface area (Å²) in [7, 11) is 0. The van der Waals surface area contributed by atoms with E-state index < -0.39 is 0 Å². The lowest BCUT2D eigenvalue weighted by molar-refractivity contribution is 0.477. The van der Waals surface area contributed by atoms with Gasteiger partial charge in [-0.25, -0.2) is 4.68 Å². The Morgan fingerprint density at radius 3 is 2.59 bits per heavy atom. The van der Waals surface area contributed by atoms with Crippen LogP contribution in [0.15, 0.2) is 47.3 Å². The number of benzene rings is 1. The Morgan fingerprint density at radius 2 is 1.94 bits per heavy atom. The van der Waals surface area contributed by atoms with E-state index in [9.17, 15) is 4.79 Å². The summed E-state index contributed by atoms with van der Waals surface area (Å²) in [5, 5.41) is 4.34. The minimum absolute atomic E-state index is 0.0915. The zero-order chi connectivity index (χ0) is 12.3. The van der Waals surface area contributed by atoms with Crippen molar-refractivity contribution in [2.45, 2.75) is 13.0 Å². The molecular weight excluding hydrogens is 214 g/mol. The quantitative estimate of drug-likeness (QED) is 0.866. The molecule has 1 aromatic carbocycles. The second-order valence-corrected chi connectivity index (χ2v) is 3.95. The van der Waals surface area contributed by atoms with Crippen molar-refractivity contribution < 1.29 is 0 Å². The molecule has 0 aliphatic rings. The predicted octanol–water partition coefficient (Wildman–Crippen LogP) is 1.43. The van der Waals surface area contributed by atoms with Crippen molar-refractivity contribution in [3.63, 3.8) is 0 Å². The molecule has 0 saturated carbocycles. The molecule has 2 rings (SSSR count). The number of nitrogens with two attached hydrogens (primary N) is 1. The summed E-state index contributed by atoms with van der Waals surface area (Å²) >= 11 is 0. The SMILES string of the molecule is CC(CN)n1nc(-c2ccccc2)ccc1=O. The van der Waals surface area contributed by atoms with Gasteiger partial charge in [0.2, 0.25) is 0 Å². The third-order valence-electron chi connectivity index (χ3n) is 2.65. The molecule has 0 aliphatic heterocycles. The number of hydrogen-bond donors (Lipinski definition) is 1. The highest BCUT2D eigenvalue weighted by Gasteiger charge is 2.07. The minimum atomic E-state index is -0.123. The molecule has 2 N–H and O–H groups in total. The fourth-order valence-electron chi connectivity index (χ4n) is 1.60. The first-order valence-corrected chi connectivity index (χ1v) is 5.57.